The molecule has 1 aliphatic rings. The van der Waals surface area contributed by atoms with Crippen molar-refractivity contribution in [3.8, 4) is 0 Å². The lowest BCUT2D eigenvalue weighted by molar-refractivity contribution is -0.123. The molecule has 0 spiro atoms. The number of amides is 1. The predicted molar refractivity (Wildman–Crippen MR) is 76.5 cm³/mol. The first-order valence-electron chi connectivity index (χ1n) is 7.07. The van der Waals surface area contributed by atoms with Crippen molar-refractivity contribution in [2.75, 3.05) is 0 Å². The molecular formula is C14H18F2N2O3S. The molecule has 122 valence electrons. The van der Waals surface area contributed by atoms with Gasteiger partial charge in [0, 0.05) is 12.1 Å². The third kappa shape index (κ3) is 4.01. The van der Waals surface area contributed by atoms with Crippen LogP contribution in [0.15, 0.2) is 23.1 Å². The second-order valence-corrected chi connectivity index (χ2v) is 7.09. The van der Waals surface area contributed by atoms with Gasteiger partial charge in [-0.1, -0.05) is 12.8 Å². The molecule has 5 nitrogen and oxygen atoms in total. The zero-order valence-electron chi connectivity index (χ0n) is 12.1. The zero-order valence-corrected chi connectivity index (χ0v) is 12.9. The van der Waals surface area contributed by atoms with Crippen molar-refractivity contribution >= 4 is 15.9 Å². The largest absolute Gasteiger partial charge is 0.352 e. The van der Waals surface area contributed by atoms with Gasteiger partial charge in [0.1, 0.15) is 16.5 Å². The molecule has 1 aromatic carbocycles. The number of nitrogens with one attached hydrogen (secondary N) is 2. The first kappa shape index (κ1) is 16.8. The highest BCUT2D eigenvalue weighted by Gasteiger charge is 2.26. The minimum absolute atomic E-state index is 0.0574. The molecule has 0 unspecified atom stereocenters. The fraction of sp³-hybridized carbons (Fsp3) is 0.500. The number of carbonyl (C=O) groups excluding carboxylic acids is 1. The molecule has 8 heteroatoms. The van der Waals surface area contributed by atoms with Gasteiger partial charge in [0.2, 0.25) is 15.9 Å². The molecule has 0 aromatic heterocycles. The van der Waals surface area contributed by atoms with Crippen LogP contribution in [0, 0.1) is 11.6 Å². The summed E-state index contributed by atoms with van der Waals surface area (Å²) in [5.74, 6) is -2.53. The van der Waals surface area contributed by atoms with E-state index in [1.54, 1.807) is 0 Å². The van der Waals surface area contributed by atoms with E-state index in [1.165, 1.54) is 6.92 Å². The smallest absolute Gasteiger partial charge is 0.244 e. The lowest BCUT2D eigenvalue weighted by Gasteiger charge is -2.18. The Morgan fingerprint density at radius 3 is 2.50 bits per heavy atom. The highest BCUT2D eigenvalue weighted by atomic mass is 32.2. The predicted octanol–water partition coefficient (Wildman–Crippen LogP) is 1.69. The molecule has 0 radical (unpaired) electrons. The number of sulfonamides is 1. The third-order valence-electron chi connectivity index (χ3n) is 3.61. The van der Waals surface area contributed by atoms with Crippen molar-refractivity contribution in [2.45, 2.75) is 49.6 Å². The SMILES string of the molecule is C[C@@H](NS(=O)(=O)c1ccc(F)cc1F)C(=O)NC1CCCC1. The molecule has 1 saturated carbocycles. The van der Waals surface area contributed by atoms with Gasteiger partial charge in [-0.3, -0.25) is 4.79 Å². The van der Waals surface area contributed by atoms with Crippen molar-refractivity contribution in [1.82, 2.24) is 10.0 Å². The van der Waals surface area contributed by atoms with E-state index < -0.39 is 38.5 Å². The summed E-state index contributed by atoms with van der Waals surface area (Å²) < 4.78 is 52.6. The average molecular weight is 332 g/mol. The van der Waals surface area contributed by atoms with Gasteiger partial charge >= 0.3 is 0 Å². The van der Waals surface area contributed by atoms with E-state index in [2.05, 4.69) is 10.0 Å². The van der Waals surface area contributed by atoms with Crippen LogP contribution < -0.4 is 10.0 Å². The number of benzene rings is 1. The summed E-state index contributed by atoms with van der Waals surface area (Å²) in [6.07, 6.45) is 3.81. The summed E-state index contributed by atoms with van der Waals surface area (Å²) >= 11 is 0. The molecule has 0 aliphatic heterocycles. The maximum atomic E-state index is 13.6. The quantitative estimate of drug-likeness (QED) is 0.862. The summed E-state index contributed by atoms with van der Waals surface area (Å²) in [4.78, 5) is 11.3. The topological polar surface area (TPSA) is 75.3 Å². The number of hydrogen-bond donors (Lipinski definition) is 2. The summed E-state index contributed by atoms with van der Waals surface area (Å²) in [7, 11) is -4.24. The highest BCUT2D eigenvalue weighted by molar-refractivity contribution is 7.89. The van der Waals surface area contributed by atoms with E-state index in [1.807, 2.05) is 0 Å². The van der Waals surface area contributed by atoms with Crippen molar-refractivity contribution in [1.29, 1.82) is 0 Å². The molecule has 1 fully saturated rings. The second-order valence-electron chi connectivity index (χ2n) is 5.41. The molecule has 22 heavy (non-hydrogen) atoms. The van der Waals surface area contributed by atoms with Crippen LogP contribution in [0.1, 0.15) is 32.6 Å². The lowest BCUT2D eigenvalue weighted by atomic mass is 10.2. The van der Waals surface area contributed by atoms with Crippen molar-refractivity contribution < 1.29 is 22.0 Å². The van der Waals surface area contributed by atoms with E-state index in [0.717, 1.165) is 37.8 Å². The monoisotopic (exact) mass is 332 g/mol. The molecule has 1 aliphatic carbocycles. The first-order valence-corrected chi connectivity index (χ1v) is 8.55. The van der Waals surface area contributed by atoms with E-state index in [9.17, 15) is 22.0 Å². The van der Waals surface area contributed by atoms with Gasteiger partial charge < -0.3 is 5.32 Å². The van der Waals surface area contributed by atoms with Crippen LogP contribution in [0.5, 0.6) is 0 Å². The fourth-order valence-electron chi connectivity index (χ4n) is 2.44. The molecular weight excluding hydrogens is 314 g/mol. The normalized spacial score (nSPS) is 17.4. The van der Waals surface area contributed by atoms with Crippen LogP contribution in [0.4, 0.5) is 8.78 Å². The third-order valence-corrected chi connectivity index (χ3v) is 5.18. The van der Waals surface area contributed by atoms with Gasteiger partial charge in [-0.25, -0.2) is 17.2 Å². The van der Waals surface area contributed by atoms with Crippen molar-refractivity contribution in [3.05, 3.63) is 29.8 Å². The van der Waals surface area contributed by atoms with Crippen LogP contribution in [-0.4, -0.2) is 26.4 Å². The lowest BCUT2D eigenvalue weighted by Crippen LogP contribution is -2.47. The maximum absolute atomic E-state index is 13.6. The Morgan fingerprint density at radius 2 is 1.91 bits per heavy atom. The van der Waals surface area contributed by atoms with Crippen LogP contribution in [0.2, 0.25) is 0 Å². The highest BCUT2D eigenvalue weighted by Crippen LogP contribution is 2.18. The van der Waals surface area contributed by atoms with Gasteiger partial charge in [-0.05, 0) is 31.9 Å². The van der Waals surface area contributed by atoms with Gasteiger partial charge in [-0.2, -0.15) is 4.72 Å². The summed E-state index contributed by atoms with van der Waals surface area (Å²) in [6, 6.07) is 1.17. The van der Waals surface area contributed by atoms with E-state index in [-0.39, 0.29) is 6.04 Å². The van der Waals surface area contributed by atoms with Crippen molar-refractivity contribution in [3.63, 3.8) is 0 Å². The minimum atomic E-state index is -4.24. The summed E-state index contributed by atoms with van der Waals surface area (Å²) in [5.41, 5.74) is 0. The molecule has 2 N–H and O–H groups in total. The van der Waals surface area contributed by atoms with Gasteiger partial charge in [-0.15, -0.1) is 0 Å². The second kappa shape index (κ2) is 6.70. The van der Waals surface area contributed by atoms with Crippen LogP contribution >= 0.6 is 0 Å². The first-order chi connectivity index (χ1) is 10.3. The average Bonchev–Trinajstić information content (AvgIpc) is 2.90. The zero-order chi connectivity index (χ0) is 16.3. The maximum Gasteiger partial charge on any atom is 0.244 e. The Bertz CT molecular complexity index is 658. The molecule has 0 saturated heterocycles. The Labute approximate surface area is 128 Å². The minimum Gasteiger partial charge on any atom is -0.352 e. The molecule has 1 aromatic rings. The van der Waals surface area contributed by atoms with Crippen LogP contribution in [-0.2, 0) is 14.8 Å². The van der Waals surface area contributed by atoms with Gasteiger partial charge in [0.05, 0.1) is 6.04 Å². The Kier molecular flexibility index (Phi) is 5.12. The molecule has 0 heterocycles. The molecule has 2 rings (SSSR count). The number of halogens is 2. The van der Waals surface area contributed by atoms with E-state index in [4.69, 9.17) is 0 Å². The van der Waals surface area contributed by atoms with Crippen molar-refractivity contribution in [2.24, 2.45) is 0 Å². The van der Waals surface area contributed by atoms with Gasteiger partial charge in [0.25, 0.3) is 0 Å². The molecule has 1 atom stereocenters. The Balaban J connectivity index is 2.05. The fourth-order valence-corrected chi connectivity index (χ4v) is 3.70. The van der Waals surface area contributed by atoms with Gasteiger partial charge in [0.15, 0.2) is 0 Å². The van der Waals surface area contributed by atoms with E-state index in [0.29, 0.717) is 6.07 Å². The number of rotatable bonds is 5. The Morgan fingerprint density at radius 1 is 1.27 bits per heavy atom. The van der Waals surface area contributed by atoms with Crippen LogP contribution in [0.25, 0.3) is 0 Å². The number of carbonyl (C=O) groups is 1. The van der Waals surface area contributed by atoms with Crippen LogP contribution in [0.3, 0.4) is 0 Å². The molecule has 0 bridgehead atoms. The summed E-state index contributed by atoms with van der Waals surface area (Å²) in [5, 5.41) is 2.76. The summed E-state index contributed by atoms with van der Waals surface area (Å²) in [6.45, 7) is 1.38. The molecule has 1 amide bonds. The van der Waals surface area contributed by atoms with E-state index >= 15 is 0 Å². The Hall–Kier alpha value is -1.54. The number of hydrogen-bond acceptors (Lipinski definition) is 3. The standard InChI is InChI=1S/C14H18F2N2O3S/c1-9(14(19)17-11-4-2-3-5-11)18-22(20,21)13-7-6-10(15)8-12(13)16/h6-9,11,18H,2-5H2,1H3,(H,17,19)/t9-/m1/s1.